The van der Waals surface area contributed by atoms with E-state index in [2.05, 4.69) is 5.32 Å². The summed E-state index contributed by atoms with van der Waals surface area (Å²) in [5.41, 5.74) is -1.29. The fourth-order valence-corrected chi connectivity index (χ4v) is 2.42. The molecule has 1 aliphatic heterocycles. The molecule has 1 fully saturated rings. The molecule has 2 rings (SSSR count). The third-order valence-electron chi connectivity index (χ3n) is 3.64. The van der Waals surface area contributed by atoms with Gasteiger partial charge in [0.15, 0.2) is 0 Å². The van der Waals surface area contributed by atoms with Crippen LogP contribution in [0.25, 0.3) is 0 Å². The van der Waals surface area contributed by atoms with Gasteiger partial charge in [0.05, 0.1) is 5.56 Å². The Morgan fingerprint density at radius 1 is 1.41 bits per heavy atom. The summed E-state index contributed by atoms with van der Waals surface area (Å²) in [6, 6.07) is 1.86. The van der Waals surface area contributed by atoms with Crippen LogP contribution in [0.1, 0.15) is 17.5 Å². The molecule has 1 atom stereocenters. The van der Waals surface area contributed by atoms with Crippen molar-refractivity contribution in [2.24, 2.45) is 5.92 Å². The molecule has 0 saturated carbocycles. The average molecular weight is 320 g/mol. The topological polar surface area (TPSA) is 52.6 Å². The van der Waals surface area contributed by atoms with Gasteiger partial charge in [0.2, 0.25) is 0 Å². The van der Waals surface area contributed by atoms with Crippen LogP contribution in [-0.2, 0) is 12.7 Å². The van der Waals surface area contributed by atoms with Gasteiger partial charge < -0.3 is 15.3 Å². The lowest BCUT2D eigenvalue weighted by Crippen LogP contribution is -2.38. The highest BCUT2D eigenvalue weighted by Crippen LogP contribution is 2.32. The Hall–Kier alpha value is -1.83. The number of urea groups is 1. The first-order valence-electron chi connectivity index (χ1n) is 6.80. The fourth-order valence-electron chi connectivity index (χ4n) is 2.42. The van der Waals surface area contributed by atoms with Crippen molar-refractivity contribution in [2.75, 3.05) is 19.7 Å². The molecule has 1 heterocycles. The van der Waals surface area contributed by atoms with Crippen LogP contribution in [0.15, 0.2) is 18.2 Å². The van der Waals surface area contributed by atoms with Crippen molar-refractivity contribution in [3.05, 3.63) is 35.1 Å². The molecular formula is C14H16F4N2O2. The zero-order valence-electron chi connectivity index (χ0n) is 11.7. The van der Waals surface area contributed by atoms with E-state index in [1.54, 1.807) is 0 Å². The Bertz CT molecular complexity index is 548. The van der Waals surface area contributed by atoms with Gasteiger partial charge in [-0.3, -0.25) is 0 Å². The summed E-state index contributed by atoms with van der Waals surface area (Å²) in [5.74, 6) is -0.977. The minimum absolute atomic E-state index is 0.00214. The van der Waals surface area contributed by atoms with Crippen LogP contribution in [0.3, 0.4) is 0 Å². The minimum Gasteiger partial charge on any atom is -0.396 e. The van der Waals surface area contributed by atoms with Crippen LogP contribution in [0, 0.1) is 11.7 Å². The largest absolute Gasteiger partial charge is 0.416 e. The van der Waals surface area contributed by atoms with E-state index in [0.717, 1.165) is 12.1 Å². The molecule has 1 unspecified atom stereocenters. The third kappa shape index (κ3) is 3.88. The number of hydrogen-bond acceptors (Lipinski definition) is 2. The molecular weight excluding hydrogens is 304 g/mol. The van der Waals surface area contributed by atoms with Crippen molar-refractivity contribution in [3.8, 4) is 0 Å². The first-order valence-corrected chi connectivity index (χ1v) is 6.80. The molecule has 1 aromatic rings. The van der Waals surface area contributed by atoms with E-state index in [9.17, 15) is 22.4 Å². The molecule has 1 aliphatic rings. The second kappa shape index (κ2) is 6.51. The second-order valence-corrected chi connectivity index (χ2v) is 5.24. The van der Waals surface area contributed by atoms with Crippen molar-refractivity contribution in [1.29, 1.82) is 0 Å². The van der Waals surface area contributed by atoms with Gasteiger partial charge in [0.25, 0.3) is 0 Å². The number of nitrogens with one attached hydrogen (secondary N) is 1. The van der Waals surface area contributed by atoms with E-state index in [4.69, 9.17) is 5.11 Å². The van der Waals surface area contributed by atoms with E-state index in [-0.39, 0.29) is 24.6 Å². The summed E-state index contributed by atoms with van der Waals surface area (Å²) in [6.45, 7) is 0.457. The number of halogens is 4. The highest BCUT2D eigenvalue weighted by Gasteiger charge is 2.34. The minimum atomic E-state index is -4.68. The van der Waals surface area contributed by atoms with Gasteiger partial charge in [-0.25, -0.2) is 9.18 Å². The van der Waals surface area contributed by atoms with Gasteiger partial charge in [-0.1, -0.05) is 6.07 Å². The lowest BCUT2D eigenvalue weighted by Gasteiger charge is -2.18. The first-order chi connectivity index (χ1) is 10.3. The normalized spacial score (nSPS) is 18.6. The number of aliphatic hydroxyl groups excluding tert-OH is 1. The van der Waals surface area contributed by atoms with Gasteiger partial charge in [-0.2, -0.15) is 13.2 Å². The number of carbonyl (C=O) groups excluding carboxylic acids is 1. The van der Waals surface area contributed by atoms with E-state index in [1.165, 1.54) is 4.90 Å². The number of rotatable bonds is 3. The van der Waals surface area contributed by atoms with Crippen LogP contribution in [0.4, 0.5) is 22.4 Å². The number of aliphatic hydroxyl groups is 1. The number of amides is 2. The number of likely N-dealkylation sites (tertiary alicyclic amines) is 1. The molecule has 0 aromatic heterocycles. The van der Waals surface area contributed by atoms with Crippen LogP contribution in [0.5, 0.6) is 0 Å². The predicted molar refractivity (Wildman–Crippen MR) is 70.4 cm³/mol. The summed E-state index contributed by atoms with van der Waals surface area (Å²) in [5, 5.41) is 11.4. The van der Waals surface area contributed by atoms with Crippen LogP contribution >= 0.6 is 0 Å². The predicted octanol–water partition coefficient (Wildman–Crippen LogP) is 2.37. The Morgan fingerprint density at radius 2 is 2.14 bits per heavy atom. The number of alkyl halides is 3. The standard InChI is InChI=1S/C14H16F4N2O2/c15-11-2-1-10(12(5-11)14(16,17)18)6-19-13(22)20-4-3-9(7-20)8-21/h1-2,5,9,21H,3-4,6-8H2,(H,19,22). The summed E-state index contributed by atoms with van der Waals surface area (Å²) in [6.07, 6.45) is -4.02. The summed E-state index contributed by atoms with van der Waals surface area (Å²) in [7, 11) is 0. The van der Waals surface area contributed by atoms with Crippen molar-refractivity contribution >= 4 is 6.03 Å². The fraction of sp³-hybridized carbons (Fsp3) is 0.500. The molecule has 0 bridgehead atoms. The molecule has 4 nitrogen and oxygen atoms in total. The average Bonchev–Trinajstić information content (AvgIpc) is 2.93. The van der Waals surface area contributed by atoms with E-state index in [0.29, 0.717) is 25.6 Å². The van der Waals surface area contributed by atoms with E-state index in [1.807, 2.05) is 0 Å². The first kappa shape index (κ1) is 16.5. The quantitative estimate of drug-likeness (QED) is 0.840. The monoisotopic (exact) mass is 320 g/mol. The highest BCUT2D eigenvalue weighted by molar-refractivity contribution is 5.74. The molecule has 22 heavy (non-hydrogen) atoms. The lowest BCUT2D eigenvalue weighted by atomic mass is 10.1. The molecule has 1 saturated heterocycles. The van der Waals surface area contributed by atoms with Crippen LogP contribution < -0.4 is 5.32 Å². The molecule has 0 aliphatic carbocycles. The van der Waals surface area contributed by atoms with Crippen molar-refractivity contribution in [3.63, 3.8) is 0 Å². The number of carbonyl (C=O) groups is 1. The van der Waals surface area contributed by atoms with Gasteiger partial charge >= 0.3 is 12.2 Å². The van der Waals surface area contributed by atoms with Crippen molar-refractivity contribution in [2.45, 2.75) is 19.1 Å². The van der Waals surface area contributed by atoms with E-state index >= 15 is 0 Å². The second-order valence-electron chi connectivity index (χ2n) is 5.24. The third-order valence-corrected chi connectivity index (χ3v) is 3.64. The Balaban J connectivity index is 2.01. The Morgan fingerprint density at radius 3 is 2.73 bits per heavy atom. The summed E-state index contributed by atoms with van der Waals surface area (Å²) < 4.78 is 51.5. The highest BCUT2D eigenvalue weighted by atomic mass is 19.4. The summed E-state index contributed by atoms with van der Waals surface area (Å²) >= 11 is 0. The van der Waals surface area contributed by atoms with Crippen molar-refractivity contribution in [1.82, 2.24) is 10.2 Å². The molecule has 122 valence electrons. The van der Waals surface area contributed by atoms with Crippen molar-refractivity contribution < 1.29 is 27.5 Å². The van der Waals surface area contributed by atoms with Gasteiger partial charge in [-0.15, -0.1) is 0 Å². The Kier molecular flexibility index (Phi) is 4.90. The maximum atomic E-state index is 13.0. The molecule has 0 spiro atoms. The molecule has 2 N–H and O–H groups in total. The number of nitrogens with zero attached hydrogens (tertiary/aromatic N) is 1. The maximum absolute atomic E-state index is 13.0. The maximum Gasteiger partial charge on any atom is 0.416 e. The van der Waals surface area contributed by atoms with Gasteiger partial charge in [-0.05, 0) is 24.1 Å². The number of hydrogen-bond donors (Lipinski definition) is 2. The van der Waals surface area contributed by atoms with Crippen LogP contribution in [-0.4, -0.2) is 35.7 Å². The smallest absolute Gasteiger partial charge is 0.396 e. The van der Waals surface area contributed by atoms with E-state index < -0.39 is 23.6 Å². The Labute approximate surface area is 124 Å². The zero-order valence-corrected chi connectivity index (χ0v) is 11.7. The molecule has 2 amide bonds. The number of benzene rings is 1. The van der Waals surface area contributed by atoms with Gasteiger partial charge in [0, 0.05) is 32.2 Å². The van der Waals surface area contributed by atoms with Crippen LogP contribution in [0.2, 0.25) is 0 Å². The van der Waals surface area contributed by atoms with Gasteiger partial charge in [0.1, 0.15) is 5.82 Å². The lowest BCUT2D eigenvalue weighted by molar-refractivity contribution is -0.138. The molecule has 1 aromatic carbocycles. The zero-order chi connectivity index (χ0) is 16.3. The molecule has 0 radical (unpaired) electrons. The summed E-state index contributed by atoms with van der Waals surface area (Å²) in [4.78, 5) is 13.3. The molecule has 8 heteroatoms. The SMILES string of the molecule is O=C(NCc1ccc(F)cc1C(F)(F)F)N1CCC(CO)C1.